The molecule has 0 aliphatic heterocycles. The molecule has 0 fully saturated rings. The van der Waals surface area contributed by atoms with Gasteiger partial charge in [0.05, 0.1) is 0 Å². The number of aromatic nitrogens is 2. The summed E-state index contributed by atoms with van der Waals surface area (Å²) in [7, 11) is 0. The third-order valence-electron chi connectivity index (χ3n) is 2.65. The van der Waals surface area contributed by atoms with E-state index in [4.69, 9.17) is 0 Å². The first-order valence-corrected chi connectivity index (χ1v) is 5.41. The number of rotatable bonds is 2. The molecule has 0 unspecified atom stereocenters. The lowest BCUT2D eigenvalue weighted by Crippen LogP contribution is -2.30. The Kier molecular flexibility index (Phi) is 3.24. The molecule has 1 heterocycles. The van der Waals surface area contributed by atoms with Crippen LogP contribution in [-0.4, -0.2) is 21.7 Å². The van der Waals surface area contributed by atoms with Gasteiger partial charge in [-0.05, 0) is 19.1 Å². The van der Waals surface area contributed by atoms with Crippen LogP contribution in [0.15, 0.2) is 29.1 Å². The number of nitrogens with one attached hydrogen (secondary N) is 1. The number of aryl methyl sites for hydroxylation is 1. The van der Waals surface area contributed by atoms with Crippen molar-refractivity contribution >= 4 is 5.78 Å². The van der Waals surface area contributed by atoms with E-state index in [1.165, 1.54) is 18.2 Å². The van der Waals surface area contributed by atoms with Crippen molar-refractivity contribution in [2.24, 2.45) is 0 Å². The average Bonchev–Trinajstić information content (AvgIpc) is 2.63. The van der Waals surface area contributed by atoms with Gasteiger partial charge in [0.1, 0.15) is 17.1 Å². The van der Waals surface area contributed by atoms with Crippen LogP contribution in [0.1, 0.15) is 16.1 Å². The van der Waals surface area contributed by atoms with E-state index < -0.39 is 28.9 Å². The standard InChI is InChI=1S/C12H8F4N2O2/c1-6-9(10(19)12(14,15)16)11(20)18(17-6)8-5-3-2-4-7(8)13/h2-5,17H,1H3. The molecular weight excluding hydrogens is 280 g/mol. The zero-order chi connectivity index (χ0) is 15.1. The SMILES string of the molecule is Cc1[nH]n(-c2ccccc2F)c(=O)c1C(=O)C(F)(F)F. The number of hydrogen-bond donors (Lipinski definition) is 1. The summed E-state index contributed by atoms with van der Waals surface area (Å²) < 4.78 is 51.3. The Morgan fingerprint density at radius 2 is 1.85 bits per heavy atom. The smallest absolute Gasteiger partial charge is 0.294 e. The average molecular weight is 288 g/mol. The molecule has 4 nitrogen and oxygen atoms in total. The molecule has 1 aromatic heterocycles. The van der Waals surface area contributed by atoms with Gasteiger partial charge in [-0.1, -0.05) is 12.1 Å². The van der Waals surface area contributed by atoms with Crippen molar-refractivity contribution in [1.29, 1.82) is 0 Å². The molecule has 0 bridgehead atoms. The number of alkyl halides is 3. The van der Waals surface area contributed by atoms with Crippen molar-refractivity contribution in [3.63, 3.8) is 0 Å². The highest BCUT2D eigenvalue weighted by molar-refractivity contribution is 6.00. The highest BCUT2D eigenvalue weighted by atomic mass is 19.4. The largest absolute Gasteiger partial charge is 0.455 e. The van der Waals surface area contributed by atoms with E-state index in [2.05, 4.69) is 5.10 Å². The number of hydrogen-bond acceptors (Lipinski definition) is 2. The van der Waals surface area contributed by atoms with Crippen molar-refractivity contribution in [2.45, 2.75) is 13.1 Å². The zero-order valence-electron chi connectivity index (χ0n) is 10.1. The predicted octanol–water partition coefficient (Wildman–Crippen LogP) is 2.36. The first-order valence-electron chi connectivity index (χ1n) is 5.41. The number of carbonyl (C=O) groups excluding carboxylic acids is 1. The van der Waals surface area contributed by atoms with Gasteiger partial charge in [0.25, 0.3) is 11.3 Å². The number of halogens is 4. The second-order valence-corrected chi connectivity index (χ2v) is 4.03. The molecule has 0 saturated heterocycles. The van der Waals surface area contributed by atoms with Gasteiger partial charge in [0, 0.05) is 5.69 Å². The maximum absolute atomic E-state index is 13.5. The Morgan fingerprint density at radius 1 is 1.25 bits per heavy atom. The molecule has 1 aromatic carbocycles. The van der Waals surface area contributed by atoms with E-state index in [0.29, 0.717) is 4.68 Å². The number of ketones is 1. The Hall–Kier alpha value is -2.38. The summed E-state index contributed by atoms with van der Waals surface area (Å²) in [6.07, 6.45) is -5.17. The van der Waals surface area contributed by atoms with Crippen molar-refractivity contribution in [3.05, 3.63) is 51.7 Å². The molecule has 0 saturated carbocycles. The van der Waals surface area contributed by atoms with Crippen LogP contribution < -0.4 is 5.56 Å². The maximum atomic E-state index is 13.5. The summed E-state index contributed by atoms with van der Waals surface area (Å²) in [4.78, 5) is 23.1. The van der Waals surface area contributed by atoms with Crippen molar-refractivity contribution < 1.29 is 22.4 Å². The minimum Gasteiger partial charge on any atom is -0.294 e. The Bertz CT molecular complexity index is 728. The second kappa shape index (κ2) is 4.62. The van der Waals surface area contributed by atoms with E-state index in [1.807, 2.05) is 0 Å². The summed E-state index contributed by atoms with van der Waals surface area (Å²) in [5.41, 5.74) is -2.82. The zero-order valence-corrected chi connectivity index (χ0v) is 10.1. The van der Waals surface area contributed by atoms with Crippen LogP contribution in [0.4, 0.5) is 17.6 Å². The number of H-pyrrole nitrogens is 1. The van der Waals surface area contributed by atoms with E-state index in [0.717, 1.165) is 13.0 Å². The summed E-state index contributed by atoms with van der Waals surface area (Å²) in [6.45, 7) is 1.14. The van der Waals surface area contributed by atoms with Gasteiger partial charge in [-0.15, -0.1) is 0 Å². The van der Waals surface area contributed by atoms with Crippen molar-refractivity contribution in [1.82, 2.24) is 9.78 Å². The molecule has 106 valence electrons. The number of Topliss-reactive ketones (excluding diaryl/α,β-unsaturated/α-hetero) is 1. The quantitative estimate of drug-likeness (QED) is 0.681. The number of benzene rings is 1. The van der Waals surface area contributed by atoms with Gasteiger partial charge in [-0.3, -0.25) is 14.7 Å². The van der Waals surface area contributed by atoms with Crippen LogP contribution in [-0.2, 0) is 0 Å². The van der Waals surface area contributed by atoms with Crippen LogP contribution in [0.25, 0.3) is 5.69 Å². The third-order valence-corrected chi connectivity index (χ3v) is 2.65. The lowest BCUT2D eigenvalue weighted by atomic mass is 10.1. The number of nitrogens with zero attached hydrogens (tertiary/aromatic N) is 1. The molecule has 0 aliphatic carbocycles. The molecule has 2 aromatic rings. The summed E-state index contributed by atoms with van der Waals surface area (Å²) in [5.74, 6) is -3.06. The van der Waals surface area contributed by atoms with E-state index in [1.54, 1.807) is 0 Å². The minimum atomic E-state index is -5.17. The number of carbonyl (C=O) groups is 1. The topological polar surface area (TPSA) is 54.9 Å². The third kappa shape index (κ3) is 2.24. The van der Waals surface area contributed by atoms with Gasteiger partial charge in [-0.25, -0.2) is 9.07 Å². The normalized spacial score (nSPS) is 11.7. The summed E-state index contributed by atoms with van der Waals surface area (Å²) in [6, 6.07) is 5.02. The Morgan fingerprint density at radius 3 is 2.40 bits per heavy atom. The molecule has 20 heavy (non-hydrogen) atoms. The van der Waals surface area contributed by atoms with Gasteiger partial charge in [0.2, 0.25) is 0 Å². The van der Waals surface area contributed by atoms with E-state index >= 15 is 0 Å². The first kappa shape index (κ1) is 14.0. The fourth-order valence-corrected chi connectivity index (χ4v) is 1.76. The van der Waals surface area contributed by atoms with Crippen LogP contribution in [0.3, 0.4) is 0 Å². The van der Waals surface area contributed by atoms with Crippen LogP contribution in [0.2, 0.25) is 0 Å². The fourth-order valence-electron chi connectivity index (χ4n) is 1.76. The maximum Gasteiger partial charge on any atom is 0.455 e. The van der Waals surface area contributed by atoms with E-state index in [9.17, 15) is 27.2 Å². The van der Waals surface area contributed by atoms with Crippen molar-refractivity contribution in [2.75, 3.05) is 0 Å². The molecule has 0 spiro atoms. The second-order valence-electron chi connectivity index (χ2n) is 4.03. The highest BCUT2D eigenvalue weighted by Crippen LogP contribution is 2.21. The molecular formula is C12H8F4N2O2. The van der Waals surface area contributed by atoms with E-state index in [-0.39, 0.29) is 11.4 Å². The molecule has 2 rings (SSSR count). The first-order chi connectivity index (χ1) is 9.23. The molecule has 8 heteroatoms. The van der Waals surface area contributed by atoms with Gasteiger partial charge < -0.3 is 0 Å². The highest BCUT2D eigenvalue weighted by Gasteiger charge is 2.42. The predicted molar refractivity (Wildman–Crippen MR) is 61.5 cm³/mol. The molecule has 0 amide bonds. The van der Waals surface area contributed by atoms with Gasteiger partial charge in [-0.2, -0.15) is 13.2 Å². The molecule has 1 N–H and O–H groups in total. The van der Waals surface area contributed by atoms with Crippen LogP contribution in [0, 0.1) is 12.7 Å². The summed E-state index contributed by atoms with van der Waals surface area (Å²) >= 11 is 0. The molecule has 0 radical (unpaired) electrons. The minimum absolute atomic E-state index is 0.262. The molecule has 0 aliphatic rings. The van der Waals surface area contributed by atoms with Crippen molar-refractivity contribution in [3.8, 4) is 5.69 Å². The summed E-state index contributed by atoms with van der Waals surface area (Å²) in [5, 5.41) is 2.27. The number of aromatic amines is 1. The van der Waals surface area contributed by atoms with Crippen LogP contribution in [0.5, 0.6) is 0 Å². The Balaban J connectivity index is 2.65. The molecule has 0 atom stereocenters. The van der Waals surface area contributed by atoms with Gasteiger partial charge >= 0.3 is 6.18 Å². The lowest BCUT2D eigenvalue weighted by Gasteiger charge is -2.02. The van der Waals surface area contributed by atoms with Crippen LogP contribution >= 0.6 is 0 Å². The lowest BCUT2D eigenvalue weighted by molar-refractivity contribution is -0.0886. The number of para-hydroxylation sites is 1. The Labute approximate surface area is 109 Å². The monoisotopic (exact) mass is 288 g/mol. The van der Waals surface area contributed by atoms with Gasteiger partial charge in [0.15, 0.2) is 0 Å². The fraction of sp³-hybridized carbons (Fsp3) is 0.167.